The maximum atomic E-state index is 4.57. The van der Waals surface area contributed by atoms with Gasteiger partial charge in [-0.2, -0.15) is 0 Å². The topological polar surface area (TPSA) is 29.3 Å². The molecule has 3 rings (SSSR count). The van der Waals surface area contributed by atoms with Crippen LogP contribution < -0.4 is 5.32 Å². The zero-order valence-electron chi connectivity index (χ0n) is 10.5. The number of nitrogens with zero attached hydrogens (tertiary/aromatic N) is 2. The minimum Gasteiger partial charge on any atom is -0.304 e. The lowest BCUT2D eigenvalue weighted by molar-refractivity contribution is 0.567. The van der Waals surface area contributed by atoms with Crippen LogP contribution in [-0.2, 0) is 6.54 Å². The van der Waals surface area contributed by atoms with Gasteiger partial charge in [-0.1, -0.05) is 34.1 Å². The Morgan fingerprint density at radius 1 is 1.42 bits per heavy atom. The summed E-state index contributed by atoms with van der Waals surface area (Å²) in [5.41, 5.74) is 2.34. The van der Waals surface area contributed by atoms with E-state index < -0.39 is 0 Å². The summed E-state index contributed by atoms with van der Waals surface area (Å²) in [6, 6.07) is 8.58. The summed E-state index contributed by atoms with van der Waals surface area (Å²) in [6.07, 6.45) is 4.11. The summed E-state index contributed by atoms with van der Waals surface area (Å²) in [7, 11) is 0. The number of hydrogen-bond donors (Lipinski definition) is 1. The van der Waals surface area contributed by atoms with Crippen LogP contribution in [0.3, 0.4) is 0 Å². The predicted octanol–water partition coefficient (Wildman–Crippen LogP) is 4.01. The normalized spacial score (nSPS) is 12.9. The van der Waals surface area contributed by atoms with Crippen LogP contribution in [0.2, 0.25) is 0 Å². The molecule has 0 amide bonds. The van der Waals surface area contributed by atoms with Crippen molar-refractivity contribution in [1.82, 2.24) is 14.7 Å². The summed E-state index contributed by atoms with van der Waals surface area (Å²) in [5.74, 6) is 0. The predicted molar refractivity (Wildman–Crippen MR) is 82.5 cm³/mol. The van der Waals surface area contributed by atoms with Crippen molar-refractivity contribution < 1.29 is 0 Å². The number of thiazole rings is 1. The largest absolute Gasteiger partial charge is 0.304 e. The molecule has 0 aliphatic heterocycles. The molecule has 19 heavy (non-hydrogen) atoms. The van der Waals surface area contributed by atoms with Gasteiger partial charge < -0.3 is 5.32 Å². The van der Waals surface area contributed by atoms with E-state index in [2.05, 4.69) is 62.0 Å². The number of benzene rings is 1. The van der Waals surface area contributed by atoms with Gasteiger partial charge in [0.2, 0.25) is 0 Å². The van der Waals surface area contributed by atoms with Gasteiger partial charge in [-0.05, 0) is 18.6 Å². The number of hydrogen-bond acceptors (Lipinski definition) is 3. The number of fused-ring (bicyclic) bond motifs is 1. The average molecular weight is 336 g/mol. The third-order valence-corrected chi connectivity index (χ3v) is 4.60. The minimum atomic E-state index is 0.287. The summed E-state index contributed by atoms with van der Waals surface area (Å²) in [5, 5.41) is 5.55. The second kappa shape index (κ2) is 5.45. The van der Waals surface area contributed by atoms with E-state index in [1.54, 1.807) is 11.3 Å². The Kier molecular flexibility index (Phi) is 3.68. The van der Waals surface area contributed by atoms with Crippen molar-refractivity contribution >= 4 is 32.2 Å². The molecule has 0 saturated heterocycles. The molecule has 0 aliphatic carbocycles. The van der Waals surface area contributed by atoms with Gasteiger partial charge in [0, 0.05) is 34.8 Å². The lowest BCUT2D eigenvalue weighted by atomic mass is 10.1. The average Bonchev–Trinajstić information content (AvgIpc) is 2.97. The molecule has 3 nitrogen and oxygen atoms in total. The van der Waals surface area contributed by atoms with E-state index in [0.717, 1.165) is 21.7 Å². The van der Waals surface area contributed by atoms with Crippen molar-refractivity contribution in [3.63, 3.8) is 0 Å². The maximum absolute atomic E-state index is 4.57. The van der Waals surface area contributed by atoms with E-state index in [1.807, 2.05) is 17.6 Å². The molecule has 0 saturated carbocycles. The number of rotatable bonds is 4. The van der Waals surface area contributed by atoms with Crippen LogP contribution >= 0.6 is 27.3 Å². The Bertz CT molecular complexity index is 660. The third-order valence-electron chi connectivity index (χ3n) is 3.10. The fourth-order valence-electron chi connectivity index (χ4n) is 2.06. The second-order valence-electron chi connectivity index (χ2n) is 4.45. The zero-order valence-corrected chi connectivity index (χ0v) is 12.9. The Balaban J connectivity index is 1.69. The molecule has 0 radical (unpaired) electrons. The van der Waals surface area contributed by atoms with E-state index in [-0.39, 0.29) is 6.04 Å². The number of halogens is 1. The summed E-state index contributed by atoms with van der Waals surface area (Å²) >= 11 is 5.24. The van der Waals surface area contributed by atoms with Gasteiger partial charge in [0.25, 0.3) is 0 Å². The Labute approximate surface area is 124 Å². The highest BCUT2D eigenvalue weighted by atomic mass is 79.9. The van der Waals surface area contributed by atoms with Crippen LogP contribution in [0.4, 0.5) is 0 Å². The quantitative estimate of drug-likeness (QED) is 0.780. The molecule has 0 spiro atoms. The van der Waals surface area contributed by atoms with Crippen LogP contribution in [-0.4, -0.2) is 9.38 Å². The first-order valence-corrected chi connectivity index (χ1v) is 7.80. The summed E-state index contributed by atoms with van der Waals surface area (Å²) < 4.78 is 3.20. The molecule has 2 heterocycles. The fraction of sp³-hybridized carbons (Fsp3) is 0.214. The molecule has 98 valence electrons. The second-order valence-corrected chi connectivity index (χ2v) is 6.18. The maximum Gasteiger partial charge on any atom is 0.193 e. The van der Waals surface area contributed by atoms with Crippen molar-refractivity contribution in [1.29, 1.82) is 0 Å². The molecular formula is C14H14BrN3S. The molecule has 1 aromatic carbocycles. The molecule has 0 aliphatic rings. The van der Waals surface area contributed by atoms with Gasteiger partial charge in [0.1, 0.15) is 0 Å². The van der Waals surface area contributed by atoms with Crippen LogP contribution in [0.25, 0.3) is 4.96 Å². The number of aromatic nitrogens is 2. The van der Waals surface area contributed by atoms with E-state index in [9.17, 15) is 0 Å². The minimum absolute atomic E-state index is 0.287. The van der Waals surface area contributed by atoms with E-state index in [0.29, 0.717) is 0 Å². The molecule has 0 unspecified atom stereocenters. The lowest BCUT2D eigenvalue weighted by Gasteiger charge is -2.14. The van der Waals surface area contributed by atoms with E-state index >= 15 is 0 Å². The first-order valence-electron chi connectivity index (χ1n) is 6.13. The highest BCUT2D eigenvalue weighted by molar-refractivity contribution is 9.10. The van der Waals surface area contributed by atoms with Gasteiger partial charge >= 0.3 is 0 Å². The molecule has 5 heteroatoms. The lowest BCUT2D eigenvalue weighted by Crippen LogP contribution is -2.18. The van der Waals surface area contributed by atoms with Gasteiger partial charge in [-0.3, -0.25) is 4.40 Å². The monoisotopic (exact) mass is 335 g/mol. The zero-order chi connectivity index (χ0) is 13.2. The Hall–Kier alpha value is -1.17. The first kappa shape index (κ1) is 12.8. The first-order chi connectivity index (χ1) is 9.24. The Morgan fingerprint density at radius 2 is 2.26 bits per heavy atom. The Morgan fingerprint density at radius 3 is 3.05 bits per heavy atom. The van der Waals surface area contributed by atoms with Gasteiger partial charge in [-0.25, -0.2) is 4.98 Å². The number of imidazole rings is 1. The number of nitrogens with one attached hydrogen (secondary N) is 1. The van der Waals surface area contributed by atoms with Crippen molar-refractivity contribution in [3.05, 3.63) is 57.8 Å². The van der Waals surface area contributed by atoms with E-state index in [4.69, 9.17) is 0 Å². The van der Waals surface area contributed by atoms with E-state index in [1.165, 1.54) is 5.56 Å². The van der Waals surface area contributed by atoms with Crippen molar-refractivity contribution in [2.24, 2.45) is 0 Å². The summed E-state index contributed by atoms with van der Waals surface area (Å²) in [4.78, 5) is 5.61. The SMILES string of the molecule is C[C@H](NCc1cn2ccsc2n1)c1ccccc1Br. The highest BCUT2D eigenvalue weighted by Crippen LogP contribution is 2.23. The van der Waals surface area contributed by atoms with Crippen molar-refractivity contribution in [2.45, 2.75) is 19.5 Å². The molecular weight excluding hydrogens is 322 g/mol. The van der Waals surface area contributed by atoms with Crippen LogP contribution in [0.1, 0.15) is 24.2 Å². The fourth-order valence-corrected chi connectivity index (χ4v) is 3.40. The molecule has 1 atom stereocenters. The van der Waals surface area contributed by atoms with Crippen molar-refractivity contribution in [2.75, 3.05) is 0 Å². The van der Waals surface area contributed by atoms with Gasteiger partial charge in [0.15, 0.2) is 4.96 Å². The molecule has 0 bridgehead atoms. The van der Waals surface area contributed by atoms with Crippen LogP contribution in [0.5, 0.6) is 0 Å². The van der Waals surface area contributed by atoms with Gasteiger partial charge in [-0.15, -0.1) is 11.3 Å². The molecule has 0 fully saturated rings. The highest BCUT2D eigenvalue weighted by Gasteiger charge is 2.09. The molecule has 1 N–H and O–H groups in total. The summed E-state index contributed by atoms with van der Waals surface area (Å²) in [6.45, 7) is 2.94. The van der Waals surface area contributed by atoms with Crippen molar-refractivity contribution in [3.8, 4) is 0 Å². The van der Waals surface area contributed by atoms with Crippen LogP contribution in [0, 0.1) is 0 Å². The molecule has 2 aromatic heterocycles. The standard InChI is InChI=1S/C14H14BrN3S/c1-10(12-4-2-3-5-13(12)15)16-8-11-9-18-6-7-19-14(18)17-11/h2-7,9-10,16H,8H2,1H3/t10-/m0/s1. The van der Waals surface area contributed by atoms with Gasteiger partial charge in [0.05, 0.1) is 5.69 Å². The smallest absolute Gasteiger partial charge is 0.193 e. The van der Waals surface area contributed by atoms with Crippen LogP contribution in [0.15, 0.2) is 46.5 Å². The third kappa shape index (κ3) is 2.73. The molecule has 3 aromatic rings.